The summed E-state index contributed by atoms with van der Waals surface area (Å²) in [4.78, 5) is 39.5. The van der Waals surface area contributed by atoms with Gasteiger partial charge < -0.3 is 14.8 Å². The lowest BCUT2D eigenvalue weighted by atomic mass is 9.86. The maximum atomic E-state index is 13.3. The number of amides is 2. The SMILES string of the molecule is CC[C@@H]1CCCN(C(=O)OC(C)(C)C)[C@@H]1C(=O)NC(C#N)Cc1ccc(Br)c(C(=O)OC)c1. The number of nitriles is 1. The second-order valence-electron chi connectivity index (χ2n) is 9.13. The molecule has 2 amide bonds. The highest BCUT2D eigenvalue weighted by molar-refractivity contribution is 9.10. The molecule has 1 aromatic rings. The summed E-state index contributed by atoms with van der Waals surface area (Å²) < 4.78 is 10.9. The number of piperidine rings is 1. The predicted molar refractivity (Wildman–Crippen MR) is 126 cm³/mol. The summed E-state index contributed by atoms with van der Waals surface area (Å²) in [6.45, 7) is 7.77. The summed E-state index contributed by atoms with van der Waals surface area (Å²) in [6.07, 6.45) is 2.02. The molecule has 1 aliphatic heterocycles. The van der Waals surface area contributed by atoms with E-state index in [0.717, 1.165) is 19.3 Å². The summed E-state index contributed by atoms with van der Waals surface area (Å²) in [5, 5.41) is 12.5. The number of ether oxygens (including phenoxy) is 2. The highest BCUT2D eigenvalue weighted by Gasteiger charge is 2.40. The quantitative estimate of drug-likeness (QED) is 0.561. The van der Waals surface area contributed by atoms with Crippen molar-refractivity contribution in [2.24, 2.45) is 5.92 Å². The summed E-state index contributed by atoms with van der Waals surface area (Å²) in [5.41, 5.74) is 0.364. The van der Waals surface area contributed by atoms with E-state index in [1.54, 1.807) is 39.0 Å². The van der Waals surface area contributed by atoms with Gasteiger partial charge in [0, 0.05) is 17.4 Å². The molecule has 0 saturated carbocycles. The Balaban J connectivity index is 2.20. The number of nitrogens with zero attached hydrogens (tertiary/aromatic N) is 2. The van der Waals surface area contributed by atoms with E-state index in [2.05, 4.69) is 27.3 Å². The van der Waals surface area contributed by atoms with Gasteiger partial charge in [-0.25, -0.2) is 9.59 Å². The van der Waals surface area contributed by atoms with Crippen LogP contribution < -0.4 is 5.32 Å². The van der Waals surface area contributed by atoms with Crippen LogP contribution in [0, 0.1) is 17.2 Å². The molecule has 8 nitrogen and oxygen atoms in total. The number of methoxy groups -OCH3 is 1. The van der Waals surface area contributed by atoms with E-state index in [0.29, 0.717) is 22.1 Å². The zero-order valence-corrected chi connectivity index (χ0v) is 21.4. The van der Waals surface area contributed by atoms with Gasteiger partial charge in [-0.05, 0) is 73.2 Å². The Kier molecular flexibility index (Phi) is 9.29. The van der Waals surface area contributed by atoms with Crippen molar-refractivity contribution in [3.8, 4) is 6.07 Å². The molecule has 1 heterocycles. The van der Waals surface area contributed by atoms with Crippen molar-refractivity contribution in [2.45, 2.75) is 71.1 Å². The van der Waals surface area contributed by atoms with Gasteiger partial charge in [0.15, 0.2) is 0 Å². The molecule has 1 N–H and O–H groups in total. The minimum absolute atomic E-state index is 0.0239. The number of rotatable bonds is 6. The third-order valence-electron chi connectivity index (χ3n) is 5.53. The van der Waals surface area contributed by atoms with E-state index >= 15 is 0 Å². The summed E-state index contributed by atoms with van der Waals surface area (Å²) in [6, 6.07) is 5.70. The minimum Gasteiger partial charge on any atom is -0.465 e. The van der Waals surface area contributed by atoms with Crippen molar-refractivity contribution in [1.29, 1.82) is 5.26 Å². The van der Waals surface area contributed by atoms with Gasteiger partial charge in [0.25, 0.3) is 0 Å². The Labute approximate surface area is 203 Å². The van der Waals surface area contributed by atoms with Gasteiger partial charge in [-0.15, -0.1) is 0 Å². The van der Waals surface area contributed by atoms with E-state index in [-0.39, 0.29) is 18.2 Å². The Morgan fingerprint density at radius 2 is 2.03 bits per heavy atom. The molecular formula is C24H32BrN3O5. The maximum absolute atomic E-state index is 13.3. The first-order valence-corrected chi connectivity index (χ1v) is 11.9. The van der Waals surface area contributed by atoms with Crippen LogP contribution in [0.5, 0.6) is 0 Å². The van der Waals surface area contributed by atoms with Gasteiger partial charge in [-0.3, -0.25) is 9.69 Å². The third-order valence-corrected chi connectivity index (χ3v) is 6.22. The normalized spacial score (nSPS) is 19.2. The van der Waals surface area contributed by atoms with E-state index in [1.807, 2.05) is 6.92 Å². The van der Waals surface area contributed by atoms with Crippen LogP contribution >= 0.6 is 15.9 Å². The molecule has 0 spiro atoms. The zero-order valence-electron chi connectivity index (χ0n) is 19.8. The standard InChI is InChI=1S/C24H32BrN3O5/c1-6-16-8-7-11-28(23(31)33-24(2,3)4)20(16)21(29)27-17(14-26)12-15-9-10-19(25)18(13-15)22(30)32-5/h9-10,13,16-17,20H,6-8,11-12H2,1-5H3,(H,27,29)/t16-,17?,20+/m1/s1. The van der Waals surface area contributed by atoms with E-state index in [1.165, 1.54) is 12.0 Å². The number of likely N-dealkylation sites (tertiary alicyclic amines) is 1. The van der Waals surface area contributed by atoms with Crippen LogP contribution in [0.4, 0.5) is 4.79 Å². The van der Waals surface area contributed by atoms with Crippen LogP contribution in [0.25, 0.3) is 0 Å². The Morgan fingerprint density at radius 3 is 2.61 bits per heavy atom. The number of hydrogen-bond donors (Lipinski definition) is 1. The molecule has 1 aliphatic rings. The molecule has 1 unspecified atom stereocenters. The summed E-state index contributed by atoms with van der Waals surface area (Å²) in [7, 11) is 1.30. The second-order valence-corrected chi connectivity index (χ2v) is 9.98. The molecule has 0 aromatic heterocycles. The topological polar surface area (TPSA) is 109 Å². The highest BCUT2D eigenvalue weighted by atomic mass is 79.9. The second kappa shape index (κ2) is 11.5. The fourth-order valence-corrected chi connectivity index (χ4v) is 4.38. The van der Waals surface area contributed by atoms with Gasteiger partial charge in [0.1, 0.15) is 17.7 Å². The maximum Gasteiger partial charge on any atom is 0.410 e. The average Bonchev–Trinajstić information content (AvgIpc) is 2.77. The molecule has 0 aliphatic carbocycles. The molecule has 1 fully saturated rings. The fraction of sp³-hybridized carbons (Fsp3) is 0.583. The van der Waals surface area contributed by atoms with Crippen LogP contribution in [0.2, 0.25) is 0 Å². The van der Waals surface area contributed by atoms with E-state index in [9.17, 15) is 19.6 Å². The fourth-order valence-electron chi connectivity index (χ4n) is 3.97. The number of nitrogens with one attached hydrogen (secondary N) is 1. The van der Waals surface area contributed by atoms with Crippen LogP contribution in [-0.4, -0.2) is 54.2 Å². The van der Waals surface area contributed by atoms with Crippen molar-refractivity contribution < 1.29 is 23.9 Å². The molecular weight excluding hydrogens is 490 g/mol. The summed E-state index contributed by atoms with van der Waals surface area (Å²) >= 11 is 3.32. The van der Waals surface area contributed by atoms with Crippen LogP contribution in [0.15, 0.2) is 22.7 Å². The van der Waals surface area contributed by atoms with Crippen molar-refractivity contribution in [2.75, 3.05) is 13.7 Å². The molecule has 3 atom stereocenters. The number of hydrogen-bond acceptors (Lipinski definition) is 6. The summed E-state index contributed by atoms with van der Waals surface area (Å²) in [5.74, 6) is -0.893. The molecule has 1 saturated heterocycles. The average molecular weight is 522 g/mol. The first-order chi connectivity index (χ1) is 15.5. The predicted octanol–water partition coefficient (Wildman–Crippen LogP) is 4.21. The number of carbonyl (C=O) groups excluding carboxylic acids is 3. The van der Waals surface area contributed by atoms with Crippen molar-refractivity contribution in [3.63, 3.8) is 0 Å². The molecule has 180 valence electrons. The van der Waals surface area contributed by atoms with E-state index in [4.69, 9.17) is 9.47 Å². The van der Waals surface area contributed by atoms with Crippen LogP contribution in [0.1, 0.15) is 62.9 Å². The Morgan fingerprint density at radius 1 is 1.33 bits per heavy atom. The number of benzene rings is 1. The first-order valence-electron chi connectivity index (χ1n) is 11.1. The lowest BCUT2D eigenvalue weighted by Gasteiger charge is -2.40. The van der Waals surface area contributed by atoms with Crippen molar-refractivity contribution >= 4 is 33.9 Å². The lowest BCUT2D eigenvalue weighted by molar-refractivity contribution is -0.130. The van der Waals surface area contributed by atoms with Crippen molar-refractivity contribution in [3.05, 3.63) is 33.8 Å². The molecule has 2 rings (SSSR count). The Hall–Kier alpha value is -2.60. The minimum atomic E-state index is -0.830. The lowest BCUT2D eigenvalue weighted by Crippen LogP contribution is -2.58. The molecule has 0 radical (unpaired) electrons. The van der Waals surface area contributed by atoms with E-state index < -0.39 is 29.7 Å². The molecule has 1 aromatic carbocycles. The first kappa shape index (κ1) is 26.7. The largest absolute Gasteiger partial charge is 0.465 e. The van der Waals surface area contributed by atoms with Crippen molar-refractivity contribution in [1.82, 2.24) is 10.2 Å². The van der Waals surface area contributed by atoms with Gasteiger partial charge in [0.2, 0.25) is 5.91 Å². The Bertz CT molecular complexity index is 922. The van der Waals surface area contributed by atoms with Gasteiger partial charge in [0.05, 0.1) is 18.7 Å². The van der Waals surface area contributed by atoms with Gasteiger partial charge in [-0.1, -0.05) is 19.4 Å². The third kappa shape index (κ3) is 7.19. The monoisotopic (exact) mass is 521 g/mol. The smallest absolute Gasteiger partial charge is 0.410 e. The highest BCUT2D eigenvalue weighted by Crippen LogP contribution is 2.28. The number of carbonyl (C=O) groups is 3. The van der Waals surface area contributed by atoms with Gasteiger partial charge in [-0.2, -0.15) is 5.26 Å². The molecule has 0 bridgehead atoms. The molecule has 33 heavy (non-hydrogen) atoms. The molecule has 9 heteroatoms. The van der Waals surface area contributed by atoms with Gasteiger partial charge >= 0.3 is 12.1 Å². The van der Waals surface area contributed by atoms with Crippen LogP contribution in [-0.2, 0) is 20.7 Å². The number of esters is 1. The zero-order chi connectivity index (χ0) is 24.8. The van der Waals surface area contributed by atoms with Crippen LogP contribution in [0.3, 0.4) is 0 Å². The number of halogens is 1.